The molecular formula is C21H37N5O8. The summed E-state index contributed by atoms with van der Waals surface area (Å²) in [7, 11) is 0. The number of carbonyl (C=O) groups is 6. The van der Waals surface area contributed by atoms with Crippen molar-refractivity contribution < 1.29 is 38.6 Å². The van der Waals surface area contributed by atoms with Crippen LogP contribution in [0, 0.1) is 5.92 Å². The number of urea groups is 1. The molecule has 34 heavy (non-hydrogen) atoms. The Labute approximate surface area is 198 Å². The summed E-state index contributed by atoms with van der Waals surface area (Å²) >= 11 is 0. The van der Waals surface area contributed by atoms with Crippen LogP contribution in [0.5, 0.6) is 0 Å². The summed E-state index contributed by atoms with van der Waals surface area (Å²) in [5.41, 5.74) is 4.15. The van der Waals surface area contributed by atoms with E-state index in [1.165, 1.54) is 6.92 Å². The number of primary amides is 1. The van der Waals surface area contributed by atoms with Crippen LogP contribution >= 0.6 is 0 Å². The smallest absolute Gasteiger partial charge is 0.326 e. The molecule has 0 fully saturated rings. The third-order valence-corrected chi connectivity index (χ3v) is 4.32. The normalized spacial score (nSPS) is 13.7. The zero-order chi connectivity index (χ0) is 26.6. The second-order valence-electron chi connectivity index (χ2n) is 9.11. The lowest BCUT2D eigenvalue weighted by Gasteiger charge is -2.27. The predicted molar refractivity (Wildman–Crippen MR) is 121 cm³/mol. The van der Waals surface area contributed by atoms with Crippen molar-refractivity contribution in [1.82, 2.24) is 21.3 Å². The number of amides is 5. The van der Waals surface area contributed by atoms with E-state index in [4.69, 9.17) is 10.5 Å². The fourth-order valence-electron chi connectivity index (χ4n) is 2.83. The van der Waals surface area contributed by atoms with Crippen LogP contribution in [0.4, 0.5) is 4.79 Å². The fourth-order valence-corrected chi connectivity index (χ4v) is 2.83. The Balaban J connectivity index is 5.32. The van der Waals surface area contributed by atoms with Crippen molar-refractivity contribution in [3.8, 4) is 0 Å². The first-order valence-corrected chi connectivity index (χ1v) is 10.9. The van der Waals surface area contributed by atoms with E-state index in [1.54, 1.807) is 34.6 Å². The number of aliphatic carboxylic acids is 1. The molecule has 0 aliphatic heterocycles. The van der Waals surface area contributed by atoms with Gasteiger partial charge in [-0.3, -0.25) is 19.2 Å². The third-order valence-electron chi connectivity index (χ3n) is 4.32. The molecule has 0 saturated heterocycles. The number of carboxylic acid groups (broad SMARTS) is 1. The van der Waals surface area contributed by atoms with Crippen molar-refractivity contribution >= 4 is 35.7 Å². The Kier molecular flexibility index (Phi) is 12.6. The van der Waals surface area contributed by atoms with Crippen LogP contribution in [0.25, 0.3) is 0 Å². The first-order valence-electron chi connectivity index (χ1n) is 10.9. The van der Waals surface area contributed by atoms with Gasteiger partial charge in [0.05, 0.1) is 6.42 Å². The Morgan fingerprint density at radius 1 is 0.941 bits per heavy atom. The third kappa shape index (κ3) is 13.2. The van der Waals surface area contributed by atoms with Gasteiger partial charge in [0.25, 0.3) is 0 Å². The Bertz CT molecular complexity index is 763. The quantitative estimate of drug-likeness (QED) is 0.145. The van der Waals surface area contributed by atoms with E-state index in [9.17, 15) is 33.9 Å². The lowest BCUT2D eigenvalue weighted by Crippen LogP contribution is -2.57. The van der Waals surface area contributed by atoms with Crippen molar-refractivity contribution in [3.63, 3.8) is 0 Å². The monoisotopic (exact) mass is 487 g/mol. The number of nitrogens with one attached hydrogen (secondary N) is 4. The molecule has 0 aromatic rings. The molecule has 7 N–H and O–H groups in total. The summed E-state index contributed by atoms with van der Waals surface area (Å²) in [6.07, 6.45) is -0.216. The van der Waals surface area contributed by atoms with E-state index in [0.29, 0.717) is 0 Å². The van der Waals surface area contributed by atoms with E-state index in [1.807, 2.05) is 0 Å². The molecule has 0 saturated carbocycles. The molecule has 0 aliphatic rings. The van der Waals surface area contributed by atoms with E-state index in [2.05, 4.69) is 21.3 Å². The molecule has 5 amide bonds. The molecule has 0 radical (unpaired) electrons. The van der Waals surface area contributed by atoms with E-state index in [0.717, 1.165) is 0 Å². The van der Waals surface area contributed by atoms with Gasteiger partial charge in [-0.2, -0.15) is 0 Å². The zero-order valence-electron chi connectivity index (χ0n) is 20.5. The van der Waals surface area contributed by atoms with Gasteiger partial charge in [-0.25, -0.2) is 9.59 Å². The average molecular weight is 488 g/mol. The number of carbonyl (C=O) groups excluding carboxylic acids is 5. The van der Waals surface area contributed by atoms with Crippen LogP contribution < -0.4 is 27.0 Å². The first kappa shape index (κ1) is 30.6. The standard InChI is InChI=1S/C21H37N5O8/c1-11(2)16(18(30)25-13(19(31)32)8-7-9-23-20(22)33)26-17(29)14(24-12(3)27)10-15(28)34-21(4,5)6/h11,13-14,16H,7-10H2,1-6H3,(H,24,27)(H,25,30)(H,26,29)(H,31,32)(H3,22,23,33)/t13-,14-,16-/m0/s1. The molecule has 3 atom stereocenters. The van der Waals surface area contributed by atoms with Gasteiger partial charge in [0.1, 0.15) is 23.7 Å². The molecule has 0 aliphatic carbocycles. The second kappa shape index (κ2) is 14.0. The molecule has 0 spiro atoms. The predicted octanol–water partition coefficient (Wildman–Crippen LogP) is -0.618. The summed E-state index contributed by atoms with van der Waals surface area (Å²) < 4.78 is 5.19. The molecule has 194 valence electrons. The van der Waals surface area contributed by atoms with Crippen LogP contribution in [0.2, 0.25) is 0 Å². The molecule has 0 unspecified atom stereocenters. The lowest BCUT2D eigenvalue weighted by atomic mass is 10.0. The average Bonchev–Trinajstić information content (AvgIpc) is 2.64. The maximum atomic E-state index is 12.8. The molecule has 0 aromatic heterocycles. The van der Waals surface area contributed by atoms with Crippen LogP contribution in [-0.4, -0.2) is 71.1 Å². The fraction of sp³-hybridized carbons (Fsp3) is 0.714. The summed E-state index contributed by atoms with van der Waals surface area (Å²) in [5, 5.41) is 18.9. The topological polar surface area (TPSA) is 206 Å². The van der Waals surface area contributed by atoms with Gasteiger partial charge in [-0.05, 0) is 39.5 Å². The van der Waals surface area contributed by atoms with Gasteiger partial charge in [-0.1, -0.05) is 13.8 Å². The van der Waals surface area contributed by atoms with Gasteiger partial charge in [0, 0.05) is 13.5 Å². The van der Waals surface area contributed by atoms with Crippen LogP contribution in [0.15, 0.2) is 0 Å². The summed E-state index contributed by atoms with van der Waals surface area (Å²) in [4.78, 5) is 71.5. The van der Waals surface area contributed by atoms with Crippen molar-refractivity contribution in [2.75, 3.05) is 6.54 Å². The zero-order valence-corrected chi connectivity index (χ0v) is 20.5. The number of nitrogens with two attached hydrogens (primary N) is 1. The van der Waals surface area contributed by atoms with Gasteiger partial charge in [0.2, 0.25) is 17.7 Å². The van der Waals surface area contributed by atoms with Crippen molar-refractivity contribution in [2.45, 2.75) is 84.5 Å². The first-order chi connectivity index (χ1) is 15.5. The maximum Gasteiger partial charge on any atom is 0.326 e. The molecule has 0 aromatic carbocycles. The number of esters is 1. The van der Waals surface area contributed by atoms with Gasteiger partial charge in [-0.15, -0.1) is 0 Å². The minimum atomic E-state index is -1.29. The van der Waals surface area contributed by atoms with Crippen LogP contribution in [0.3, 0.4) is 0 Å². The van der Waals surface area contributed by atoms with Gasteiger partial charge < -0.3 is 36.8 Å². The Morgan fingerprint density at radius 2 is 1.53 bits per heavy atom. The molecular weight excluding hydrogens is 450 g/mol. The highest BCUT2D eigenvalue weighted by Gasteiger charge is 2.32. The van der Waals surface area contributed by atoms with Crippen LogP contribution in [0.1, 0.15) is 60.8 Å². The molecule has 0 heterocycles. The Morgan fingerprint density at radius 3 is 1.97 bits per heavy atom. The minimum Gasteiger partial charge on any atom is -0.480 e. The Hall–Kier alpha value is -3.38. The summed E-state index contributed by atoms with van der Waals surface area (Å²) in [6, 6.07) is -4.46. The van der Waals surface area contributed by atoms with Crippen LogP contribution in [-0.2, 0) is 28.7 Å². The van der Waals surface area contributed by atoms with Crippen molar-refractivity contribution in [1.29, 1.82) is 0 Å². The molecule has 13 nitrogen and oxygen atoms in total. The van der Waals surface area contributed by atoms with E-state index >= 15 is 0 Å². The molecule has 0 bridgehead atoms. The largest absolute Gasteiger partial charge is 0.480 e. The second-order valence-corrected chi connectivity index (χ2v) is 9.11. The maximum absolute atomic E-state index is 12.8. The highest BCUT2D eigenvalue weighted by atomic mass is 16.6. The number of hydrogen-bond donors (Lipinski definition) is 6. The minimum absolute atomic E-state index is 0.00722. The van der Waals surface area contributed by atoms with E-state index < -0.39 is 71.8 Å². The van der Waals surface area contributed by atoms with Crippen molar-refractivity contribution in [3.05, 3.63) is 0 Å². The number of carboxylic acids is 1. The molecule has 0 rings (SSSR count). The number of rotatable bonds is 13. The van der Waals surface area contributed by atoms with Crippen molar-refractivity contribution in [2.24, 2.45) is 11.7 Å². The SMILES string of the molecule is CC(=O)N[C@@H](CC(=O)OC(C)(C)C)C(=O)N[C@H](C(=O)N[C@@H](CCCNC(N)=O)C(=O)O)C(C)C. The van der Waals surface area contributed by atoms with E-state index in [-0.39, 0.29) is 19.4 Å². The highest BCUT2D eigenvalue weighted by molar-refractivity contribution is 5.95. The summed E-state index contributed by atoms with van der Waals surface area (Å²) in [5.74, 6) is -4.58. The number of hydrogen-bond acceptors (Lipinski definition) is 7. The summed E-state index contributed by atoms with van der Waals surface area (Å²) in [6.45, 7) is 9.53. The highest BCUT2D eigenvalue weighted by Crippen LogP contribution is 2.11. The number of ether oxygens (including phenoxy) is 1. The van der Waals surface area contributed by atoms with Gasteiger partial charge >= 0.3 is 18.0 Å². The lowest BCUT2D eigenvalue weighted by molar-refractivity contribution is -0.156. The van der Waals surface area contributed by atoms with Gasteiger partial charge in [0.15, 0.2) is 0 Å². The molecule has 13 heteroatoms.